The normalized spacial score (nSPS) is 17.4. The first-order valence-electron chi connectivity index (χ1n) is 9.35. The van der Waals surface area contributed by atoms with Crippen LogP contribution >= 0.6 is 12.4 Å². The van der Waals surface area contributed by atoms with Gasteiger partial charge in [0, 0.05) is 31.9 Å². The van der Waals surface area contributed by atoms with E-state index in [0.29, 0.717) is 64.5 Å². The van der Waals surface area contributed by atoms with Gasteiger partial charge >= 0.3 is 6.18 Å². The zero-order chi connectivity index (χ0) is 20.3. The molecule has 1 aromatic carbocycles. The number of halogens is 4. The number of hydrogen-bond acceptors (Lipinski definition) is 8. The smallest absolute Gasteiger partial charge is 0.378 e. The summed E-state index contributed by atoms with van der Waals surface area (Å²) in [4.78, 5) is 17.4. The Morgan fingerprint density at radius 1 is 0.833 bits per heavy atom. The summed E-state index contributed by atoms with van der Waals surface area (Å²) < 4.78 is 49.8. The molecule has 2 fully saturated rings. The number of ether oxygens (including phenoxy) is 2. The van der Waals surface area contributed by atoms with E-state index in [1.807, 2.05) is 9.80 Å². The fourth-order valence-corrected chi connectivity index (χ4v) is 3.12. The number of hydrogen-bond donors (Lipinski definition) is 1. The molecule has 0 saturated carbocycles. The third kappa shape index (κ3) is 5.41. The fraction of sp³-hybridized carbons (Fsp3) is 0.500. The van der Waals surface area contributed by atoms with Crippen LogP contribution in [0.4, 0.5) is 36.7 Å². The van der Waals surface area contributed by atoms with Crippen LogP contribution in [0.25, 0.3) is 0 Å². The van der Waals surface area contributed by atoms with Crippen LogP contribution < -0.4 is 15.1 Å². The number of morpholine rings is 2. The van der Waals surface area contributed by atoms with Crippen molar-refractivity contribution in [2.45, 2.75) is 6.18 Å². The maximum absolute atomic E-state index is 13.0. The van der Waals surface area contributed by atoms with E-state index in [9.17, 15) is 13.2 Å². The van der Waals surface area contributed by atoms with Crippen molar-refractivity contribution >= 4 is 35.9 Å². The van der Waals surface area contributed by atoms with Crippen LogP contribution in [0.5, 0.6) is 0 Å². The second-order valence-electron chi connectivity index (χ2n) is 6.66. The minimum atomic E-state index is -4.42. The zero-order valence-electron chi connectivity index (χ0n) is 16.1. The first-order valence-corrected chi connectivity index (χ1v) is 9.35. The lowest BCUT2D eigenvalue weighted by atomic mass is 10.2. The topological polar surface area (TPSA) is 75.6 Å². The van der Waals surface area contributed by atoms with Gasteiger partial charge in [-0.25, -0.2) is 0 Å². The minimum absolute atomic E-state index is 0. The fourth-order valence-electron chi connectivity index (χ4n) is 3.12. The molecule has 1 aromatic heterocycles. The van der Waals surface area contributed by atoms with Gasteiger partial charge in [-0.3, -0.25) is 0 Å². The molecular weight excluding hydrogens is 425 g/mol. The molecule has 2 aliphatic heterocycles. The first kappa shape index (κ1) is 22.3. The molecule has 0 amide bonds. The van der Waals surface area contributed by atoms with Gasteiger partial charge in [0.15, 0.2) is 0 Å². The van der Waals surface area contributed by atoms with Gasteiger partial charge in [-0.1, -0.05) is 6.07 Å². The predicted octanol–water partition coefficient (Wildman–Crippen LogP) is 2.73. The molecule has 3 heterocycles. The van der Waals surface area contributed by atoms with Crippen LogP contribution in [0.3, 0.4) is 0 Å². The molecule has 1 N–H and O–H groups in total. The molecule has 0 spiro atoms. The molecule has 12 heteroatoms. The quantitative estimate of drug-likeness (QED) is 0.768. The van der Waals surface area contributed by atoms with E-state index in [4.69, 9.17) is 9.47 Å². The molecular formula is C18H22ClF3N6O2. The average molecular weight is 447 g/mol. The number of anilines is 4. The zero-order valence-corrected chi connectivity index (χ0v) is 16.9. The molecule has 0 unspecified atom stereocenters. The lowest BCUT2D eigenvalue weighted by molar-refractivity contribution is -0.137. The number of alkyl halides is 3. The van der Waals surface area contributed by atoms with Crippen molar-refractivity contribution in [3.05, 3.63) is 29.8 Å². The summed E-state index contributed by atoms with van der Waals surface area (Å²) in [7, 11) is 0. The van der Waals surface area contributed by atoms with Crippen molar-refractivity contribution in [3.63, 3.8) is 0 Å². The molecule has 0 bridgehead atoms. The number of nitrogens with zero attached hydrogens (tertiary/aromatic N) is 5. The van der Waals surface area contributed by atoms with Gasteiger partial charge in [0.2, 0.25) is 17.8 Å². The van der Waals surface area contributed by atoms with E-state index in [2.05, 4.69) is 20.3 Å². The Morgan fingerprint density at radius 3 is 1.87 bits per heavy atom. The molecule has 4 rings (SSSR count). The summed E-state index contributed by atoms with van der Waals surface area (Å²) in [6.07, 6.45) is -4.42. The van der Waals surface area contributed by atoms with Gasteiger partial charge in [-0.15, -0.1) is 12.4 Å². The minimum Gasteiger partial charge on any atom is -0.378 e. The molecule has 30 heavy (non-hydrogen) atoms. The van der Waals surface area contributed by atoms with Gasteiger partial charge in [-0.05, 0) is 18.2 Å². The Bertz CT molecular complexity index is 809. The van der Waals surface area contributed by atoms with Crippen molar-refractivity contribution in [2.75, 3.05) is 67.7 Å². The Kier molecular flexibility index (Phi) is 7.16. The number of benzene rings is 1. The van der Waals surface area contributed by atoms with E-state index in [-0.39, 0.29) is 24.0 Å². The Labute approximate surface area is 177 Å². The van der Waals surface area contributed by atoms with Crippen molar-refractivity contribution in [1.29, 1.82) is 0 Å². The molecule has 2 aliphatic rings. The highest BCUT2D eigenvalue weighted by atomic mass is 35.5. The molecule has 8 nitrogen and oxygen atoms in total. The number of rotatable bonds is 4. The Balaban J connectivity index is 0.00000256. The molecule has 0 radical (unpaired) electrons. The SMILES string of the molecule is Cl.FC(F)(F)c1cccc(Nc2nc(N3CCOCC3)nc(N3CCOCC3)n2)c1. The summed E-state index contributed by atoms with van der Waals surface area (Å²) in [5.74, 6) is 1.14. The molecule has 0 atom stereocenters. The predicted molar refractivity (Wildman–Crippen MR) is 108 cm³/mol. The maximum Gasteiger partial charge on any atom is 0.416 e. The highest BCUT2D eigenvalue weighted by molar-refractivity contribution is 5.85. The lowest BCUT2D eigenvalue weighted by Gasteiger charge is -2.30. The largest absolute Gasteiger partial charge is 0.416 e. The van der Waals surface area contributed by atoms with Crippen LogP contribution in [0.1, 0.15) is 5.56 Å². The van der Waals surface area contributed by atoms with Crippen LogP contribution in [0.15, 0.2) is 24.3 Å². The van der Waals surface area contributed by atoms with Gasteiger partial charge < -0.3 is 24.6 Å². The highest BCUT2D eigenvalue weighted by Gasteiger charge is 2.30. The van der Waals surface area contributed by atoms with Crippen LogP contribution in [-0.2, 0) is 15.7 Å². The summed E-state index contributed by atoms with van der Waals surface area (Å²) in [6, 6.07) is 4.95. The molecule has 164 valence electrons. The van der Waals surface area contributed by atoms with Crippen LogP contribution in [-0.4, -0.2) is 67.6 Å². The maximum atomic E-state index is 13.0. The van der Waals surface area contributed by atoms with Gasteiger partial charge in [0.1, 0.15) is 0 Å². The number of nitrogens with one attached hydrogen (secondary N) is 1. The van der Waals surface area contributed by atoms with Crippen molar-refractivity contribution < 1.29 is 22.6 Å². The van der Waals surface area contributed by atoms with Crippen LogP contribution in [0, 0.1) is 0 Å². The first-order chi connectivity index (χ1) is 14.0. The average Bonchev–Trinajstić information content (AvgIpc) is 2.74. The van der Waals surface area contributed by atoms with E-state index < -0.39 is 11.7 Å². The van der Waals surface area contributed by atoms with Gasteiger partial charge in [0.25, 0.3) is 0 Å². The van der Waals surface area contributed by atoms with Crippen molar-refractivity contribution in [3.8, 4) is 0 Å². The molecule has 0 aliphatic carbocycles. The Morgan fingerprint density at radius 2 is 1.37 bits per heavy atom. The van der Waals surface area contributed by atoms with E-state index >= 15 is 0 Å². The lowest BCUT2D eigenvalue weighted by Crippen LogP contribution is -2.40. The van der Waals surface area contributed by atoms with Crippen molar-refractivity contribution in [2.24, 2.45) is 0 Å². The Hall–Kier alpha value is -2.37. The highest BCUT2D eigenvalue weighted by Crippen LogP contribution is 2.31. The molecule has 2 aromatic rings. The molecule has 2 saturated heterocycles. The summed E-state index contributed by atoms with van der Waals surface area (Å²) in [5.41, 5.74) is -0.481. The van der Waals surface area contributed by atoms with Crippen LogP contribution in [0.2, 0.25) is 0 Å². The van der Waals surface area contributed by atoms with E-state index in [0.717, 1.165) is 12.1 Å². The standard InChI is InChI=1S/C18H21F3N6O2.ClH/c19-18(20,21)13-2-1-3-14(12-13)22-15-23-16(26-4-8-28-9-5-26)25-17(24-15)27-6-10-29-11-7-27;/h1-3,12H,4-11H2,(H,22,23,24,25);1H. The second kappa shape index (κ2) is 9.63. The van der Waals surface area contributed by atoms with Gasteiger partial charge in [-0.2, -0.15) is 28.1 Å². The van der Waals surface area contributed by atoms with Gasteiger partial charge in [0.05, 0.1) is 32.0 Å². The number of aromatic nitrogens is 3. The van der Waals surface area contributed by atoms with E-state index in [1.165, 1.54) is 6.07 Å². The monoisotopic (exact) mass is 446 g/mol. The summed E-state index contributed by atoms with van der Waals surface area (Å²) in [6.45, 7) is 4.80. The van der Waals surface area contributed by atoms with E-state index in [1.54, 1.807) is 6.07 Å². The third-order valence-electron chi connectivity index (χ3n) is 4.65. The summed E-state index contributed by atoms with van der Waals surface area (Å²) in [5, 5.41) is 2.90. The second-order valence-corrected chi connectivity index (χ2v) is 6.66. The van der Waals surface area contributed by atoms with Crippen molar-refractivity contribution in [1.82, 2.24) is 15.0 Å². The summed E-state index contributed by atoms with van der Waals surface area (Å²) >= 11 is 0. The third-order valence-corrected chi connectivity index (χ3v) is 4.65.